The van der Waals surface area contributed by atoms with Gasteiger partial charge < -0.3 is 9.15 Å². The van der Waals surface area contributed by atoms with E-state index in [0.717, 1.165) is 0 Å². The molecule has 6 nitrogen and oxygen atoms in total. The molecule has 0 saturated heterocycles. The summed E-state index contributed by atoms with van der Waals surface area (Å²) in [4.78, 5) is 15.2. The van der Waals surface area contributed by atoms with Crippen molar-refractivity contribution in [3.05, 3.63) is 16.2 Å². The number of carbonyl (C=O) groups is 1. The zero-order valence-electron chi connectivity index (χ0n) is 7.44. The van der Waals surface area contributed by atoms with Gasteiger partial charge in [-0.2, -0.15) is 9.50 Å². The van der Waals surface area contributed by atoms with Crippen LogP contribution in [-0.2, 0) is 4.74 Å². The normalized spacial score (nSPS) is 10.8. The molecule has 7 heteroatoms. The summed E-state index contributed by atoms with van der Waals surface area (Å²) in [5.74, 6) is 0.188. The molecule has 2 heterocycles. The van der Waals surface area contributed by atoms with Gasteiger partial charge >= 0.3 is 11.8 Å². The van der Waals surface area contributed by atoms with E-state index in [1.807, 2.05) is 0 Å². The minimum absolute atomic E-state index is 0.251. The molecule has 14 heavy (non-hydrogen) atoms. The van der Waals surface area contributed by atoms with Gasteiger partial charge in [0.05, 0.1) is 7.11 Å². The van der Waals surface area contributed by atoms with E-state index in [0.29, 0.717) is 10.5 Å². The van der Waals surface area contributed by atoms with E-state index < -0.39 is 5.97 Å². The van der Waals surface area contributed by atoms with Crippen LogP contribution in [0.3, 0.4) is 0 Å². The smallest absolute Gasteiger partial charge is 0.360 e. The predicted molar refractivity (Wildman–Crippen MR) is 49.0 cm³/mol. The van der Waals surface area contributed by atoms with E-state index in [1.165, 1.54) is 11.6 Å². The van der Waals surface area contributed by atoms with E-state index in [2.05, 4.69) is 30.7 Å². The van der Waals surface area contributed by atoms with Gasteiger partial charge in [-0.1, -0.05) is 0 Å². The maximum Gasteiger partial charge on any atom is 0.360 e. The zero-order chi connectivity index (χ0) is 10.3. The predicted octanol–water partition coefficient (Wildman–Crippen LogP) is 1.18. The van der Waals surface area contributed by atoms with Crippen LogP contribution >= 0.6 is 15.9 Å². The van der Waals surface area contributed by atoms with Crippen molar-refractivity contribution in [1.82, 2.24) is 14.6 Å². The van der Waals surface area contributed by atoms with Crippen LogP contribution in [0.4, 0.5) is 0 Å². The first kappa shape index (κ1) is 9.20. The summed E-state index contributed by atoms with van der Waals surface area (Å²) in [7, 11) is 1.30. The van der Waals surface area contributed by atoms with Crippen molar-refractivity contribution in [2.45, 2.75) is 6.92 Å². The van der Waals surface area contributed by atoms with Crippen molar-refractivity contribution < 1.29 is 13.9 Å². The summed E-state index contributed by atoms with van der Waals surface area (Å²) >= 11 is 3.08. The Hall–Kier alpha value is -1.37. The molecule has 2 aromatic heterocycles. The van der Waals surface area contributed by atoms with Crippen LogP contribution in [0.25, 0.3) is 5.84 Å². The molecule has 0 aromatic carbocycles. The Morgan fingerprint density at radius 3 is 3.00 bits per heavy atom. The van der Waals surface area contributed by atoms with E-state index >= 15 is 0 Å². The highest BCUT2D eigenvalue weighted by Crippen LogP contribution is 2.16. The van der Waals surface area contributed by atoms with Crippen LogP contribution in [0, 0.1) is 6.92 Å². The lowest BCUT2D eigenvalue weighted by molar-refractivity contribution is 0.0589. The fourth-order valence-electron chi connectivity index (χ4n) is 1.15. The summed E-state index contributed by atoms with van der Waals surface area (Å²) < 4.78 is 11.5. The van der Waals surface area contributed by atoms with Gasteiger partial charge in [0.25, 0.3) is 0 Å². The average Bonchev–Trinajstić information content (AvgIpc) is 2.58. The topological polar surface area (TPSA) is 69.6 Å². The fourth-order valence-corrected chi connectivity index (χ4v) is 1.46. The molecule has 0 atom stereocenters. The van der Waals surface area contributed by atoms with Gasteiger partial charge in [0.2, 0.25) is 4.73 Å². The third kappa shape index (κ3) is 1.20. The second-order valence-electron chi connectivity index (χ2n) is 2.57. The number of ether oxygens (including phenoxy) is 1. The molecule has 0 aliphatic carbocycles. The molecule has 2 rings (SSSR count). The number of rotatable bonds is 1. The second-order valence-corrected chi connectivity index (χ2v) is 3.28. The Morgan fingerprint density at radius 2 is 2.36 bits per heavy atom. The molecule has 0 unspecified atom stereocenters. The summed E-state index contributed by atoms with van der Waals surface area (Å²) in [5.41, 5.74) is 0.251. The number of esters is 1. The van der Waals surface area contributed by atoms with Gasteiger partial charge in [-0.25, -0.2) is 4.79 Å². The van der Waals surface area contributed by atoms with Crippen LogP contribution in [0.5, 0.6) is 0 Å². The molecular formula is C7H6BrN3O3. The van der Waals surface area contributed by atoms with Crippen molar-refractivity contribution in [2.24, 2.45) is 0 Å². The first-order valence-electron chi connectivity index (χ1n) is 3.73. The molecule has 0 saturated carbocycles. The number of fused-ring (bicyclic) bond motifs is 1. The number of aryl methyl sites for hydroxylation is 1. The van der Waals surface area contributed by atoms with Crippen LogP contribution in [-0.4, -0.2) is 27.7 Å². The molecule has 0 amide bonds. The highest BCUT2D eigenvalue weighted by Gasteiger charge is 2.21. The Labute approximate surface area is 87.0 Å². The lowest BCUT2D eigenvalue weighted by atomic mass is 10.4. The molecule has 74 valence electrons. The van der Waals surface area contributed by atoms with Crippen LogP contribution in [0.2, 0.25) is 0 Å². The highest BCUT2D eigenvalue weighted by molar-refractivity contribution is 9.10. The van der Waals surface area contributed by atoms with Gasteiger partial charge in [0.15, 0.2) is 5.69 Å². The molecule has 0 bridgehead atoms. The summed E-state index contributed by atoms with van der Waals surface area (Å²) in [5, 5.41) is 3.93. The first-order valence-corrected chi connectivity index (χ1v) is 4.52. The van der Waals surface area contributed by atoms with E-state index in [4.69, 9.17) is 4.42 Å². The van der Waals surface area contributed by atoms with Crippen LogP contribution in [0.1, 0.15) is 16.2 Å². The fraction of sp³-hybridized carbons (Fsp3) is 0.286. The van der Waals surface area contributed by atoms with Gasteiger partial charge in [-0.05, 0) is 22.9 Å². The second kappa shape index (κ2) is 3.09. The average molecular weight is 260 g/mol. The number of hydrogen-bond donors (Lipinski definition) is 0. The van der Waals surface area contributed by atoms with Gasteiger partial charge in [-0.3, -0.25) is 0 Å². The van der Waals surface area contributed by atoms with Crippen molar-refractivity contribution in [3.63, 3.8) is 0 Å². The number of hydrogen-bond acceptors (Lipinski definition) is 5. The van der Waals surface area contributed by atoms with E-state index in [9.17, 15) is 4.79 Å². The molecule has 2 aromatic rings. The molecule has 0 N–H and O–H groups in total. The summed E-state index contributed by atoms with van der Waals surface area (Å²) in [6.45, 7) is 1.65. The summed E-state index contributed by atoms with van der Waals surface area (Å²) in [6, 6.07) is 0. The lowest BCUT2D eigenvalue weighted by Crippen LogP contribution is -2.07. The van der Waals surface area contributed by atoms with Gasteiger partial charge in [0.1, 0.15) is 5.76 Å². The Kier molecular flexibility index (Phi) is 2.03. The standard InChI is InChI=1S/C7H6BrN3O3/c1-3-4(5(12)13-2)11-7(14-3)9-6(8)10-11/h1-2H3. The lowest BCUT2D eigenvalue weighted by Gasteiger charge is -1.94. The minimum Gasteiger partial charge on any atom is -0.464 e. The maximum absolute atomic E-state index is 11.3. The number of halogens is 1. The van der Waals surface area contributed by atoms with Crippen molar-refractivity contribution >= 4 is 27.7 Å². The van der Waals surface area contributed by atoms with E-state index in [-0.39, 0.29) is 11.5 Å². The quantitative estimate of drug-likeness (QED) is 0.720. The third-order valence-corrected chi connectivity index (χ3v) is 2.06. The zero-order valence-corrected chi connectivity index (χ0v) is 9.03. The van der Waals surface area contributed by atoms with Gasteiger partial charge in [0, 0.05) is 0 Å². The van der Waals surface area contributed by atoms with Crippen LogP contribution < -0.4 is 0 Å². The number of aromatic nitrogens is 3. The SMILES string of the molecule is COC(=O)c1c(C)oc2nc(Br)nn12. The molecule has 0 radical (unpaired) electrons. The van der Waals surface area contributed by atoms with Crippen molar-refractivity contribution in [1.29, 1.82) is 0 Å². The Morgan fingerprint density at radius 1 is 1.64 bits per heavy atom. The molecule has 0 aliphatic heterocycles. The number of methoxy groups -OCH3 is 1. The third-order valence-electron chi connectivity index (χ3n) is 1.72. The molecule has 0 fully saturated rings. The summed E-state index contributed by atoms with van der Waals surface area (Å²) in [6.07, 6.45) is 0. The Balaban J connectivity index is 2.71. The van der Waals surface area contributed by atoms with E-state index in [1.54, 1.807) is 6.92 Å². The maximum atomic E-state index is 11.3. The van der Waals surface area contributed by atoms with Crippen molar-refractivity contribution in [3.8, 4) is 0 Å². The Bertz CT molecular complexity index is 501. The highest BCUT2D eigenvalue weighted by atomic mass is 79.9. The van der Waals surface area contributed by atoms with Crippen molar-refractivity contribution in [2.75, 3.05) is 7.11 Å². The number of carbonyl (C=O) groups excluding carboxylic acids is 1. The number of oxazole rings is 1. The monoisotopic (exact) mass is 259 g/mol. The molecular weight excluding hydrogens is 254 g/mol. The molecule has 0 spiro atoms. The van der Waals surface area contributed by atoms with Gasteiger partial charge in [-0.15, -0.1) is 5.10 Å². The van der Waals surface area contributed by atoms with Crippen LogP contribution in [0.15, 0.2) is 9.15 Å². The largest absolute Gasteiger partial charge is 0.464 e. The first-order chi connectivity index (χ1) is 6.63. The number of nitrogens with zero attached hydrogens (tertiary/aromatic N) is 3. The molecule has 0 aliphatic rings. The minimum atomic E-state index is -0.501.